The Morgan fingerprint density at radius 3 is 2.29 bits per heavy atom. The summed E-state index contributed by atoms with van der Waals surface area (Å²) in [5, 5.41) is 6.57. The van der Waals surface area contributed by atoms with E-state index < -0.39 is 0 Å². The van der Waals surface area contributed by atoms with E-state index in [1.807, 2.05) is 19.0 Å². The van der Waals surface area contributed by atoms with Crippen molar-refractivity contribution >= 4 is 17.8 Å². The van der Waals surface area contributed by atoms with Crippen LogP contribution in [0.2, 0.25) is 0 Å². The molecule has 1 atom stereocenters. The maximum absolute atomic E-state index is 4.45. The van der Waals surface area contributed by atoms with Crippen LogP contribution in [0, 0.1) is 0 Å². The van der Waals surface area contributed by atoms with Crippen molar-refractivity contribution in [3.63, 3.8) is 0 Å². The third-order valence-corrected chi connectivity index (χ3v) is 2.94. The summed E-state index contributed by atoms with van der Waals surface area (Å²) in [4.78, 5) is 17.3. The molecule has 0 saturated carbocycles. The van der Waals surface area contributed by atoms with Crippen LogP contribution in [0.15, 0.2) is 0 Å². The highest BCUT2D eigenvalue weighted by atomic mass is 15.3. The topological polar surface area (TPSA) is 69.2 Å². The van der Waals surface area contributed by atoms with Crippen molar-refractivity contribution in [3.05, 3.63) is 0 Å². The molecule has 1 rings (SSSR count). The van der Waals surface area contributed by atoms with Crippen LogP contribution in [0.4, 0.5) is 17.8 Å². The fourth-order valence-corrected chi connectivity index (χ4v) is 1.69. The molecule has 0 bridgehead atoms. The van der Waals surface area contributed by atoms with Crippen LogP contribution in [0.25, 0.3) is 0 Å². The maximum atomic E-state index is 4.45. The second-order valence-electron chi connectivity index (χ2n) is 5.74. The van der Waals surface area contributed by atoms with E-state index in [0.717, 1.165) is 25.9 Å². The molecule has 1 unspecified atom stereocenters. The van der Waals surface area contributed by atoms with Crippen LogP contribution < -0.4 is 15.5 Å². The quantitative estimate of drug-likeness (QED) is 0.715. The van der Waals surface area contributed by atoms with Crippen LogP contribution >= 0.6 is 0 Å². The molecule has 0 spiro atoms. The molecule has 2 N–H and O–H groups in total. The van der Waals surface area contributed by atoms with Gasteiger partial charge in [-0.3, -0.25) is 0 Å². The third kappa shape index (κ3) is 6.57. The molecule has 7 nitrogen and oxygen atoms in total. The smallest absolute Gasteiger partial charge is 0.231 e. The van der Waals surface area contributed by atoms with Crippen LogP contribution in [0.1, 0.15) is 26.7 Å². The zero-order valence-electron chi connectivity index (χ0n) is 14.1. The van der Waals surface area contributed by atoms with Crippen molar-refractivity contribution in [1.29, 1.82) is 0 Å². The SMILES string of the molecule is CCCNc1nc(NC(C)CCN(C)C)nc(N(C)C)n1. The van der Waals surface area contributed by atoms with Gasteiger partial charge in [0, 0.05) is 26.7 Å². The Balaban J connectivity index is 2.77. The summed E-state index contributed by atoms with van der Waals surface area (Å²) in [5.41, 5.74) is 0. The largest absolute Gasteiger partial charge is 0.354 e. The summed E-state index contributed by atoms with van der Waals surface area (Å²) in [6.45, 7) is 6.14. The molecule has 21 heavy (non-hydrogen) atoms. The first-order chi connectivity index (χ1) is 9.92. The molecule has 0 saturated heterocycles. The minimum absolute atomic E-state index is 0.309. The number of rotatable bonds is 9. The Morgan fingerprint density at radius 2 is 1.71 bits per heavy atom. The lowest BCUT2D eigenvalue weighted by Crippen LogP contribution is -2.25. The van der Waals surface area contributed by atoms with Crippen molar-refractivity contribution in [2.75, 3.05) is 56.8 Å². The maximum Gasteiger partial charge on any atom is 0.231 e. The normalized spacial score (nSPS) is 12.3. The molecule has 0 fully saturated rings. The van der Waals surface area contributed by atoms with Crippen molar-refractivity contribution < 1.29 is 0 Å². The lowest BCUT2D eigenvalue weighted by molar-refractivity contribution is 0.390. The predicted molar refractivity (Wildman–Crippen MR) is 89.2 cm³/mol. The first-order valence-corrected chi connectivity index (χ1v) is 7.51. The predicted octanol–water partition coefficient (Wildman–Crippen LogP) is 1.51. The van der Waals surface area contributed by atoms with Gasteiger partial charge in [0.15, 0.2) is 0 Å². The van der Waals surface area contributed by atoms with Gasteiger partial charge >= 0.3 is 0 Å². The molecule has 0 aliphatic carbocycles. The summed E-state index contributed by atoms with van der Waals surface area (Å²) in [6.07, 6.45) is 2.07. The first-order valence-electron chi connectivity index (χ1n) is 7.51. The Morgan fingerprint density at radius 1 is 1.05 bits per heavy atom. The van der Waals surface area contributed by atoms with Gasteiger partial charge in [-0.25, -0.2) is 0 Å². The number of aromatic nitrogens is 3. The molecule has 0 amide bonds. The average Bonchev–Trinajstić information content (AvgIpc) is 2.42. The summed E-state index contributed by atoms with van der Waals surface area (Å²) in [7, 11) is 8.01. The van der Waals surface area contributed by atoms with E-state index in [9.17, 15) is 0 Å². The Hall–Kier alpha value is -1.63. The van der Waals surface area contributed by atoms with Crippen LogP contribution in [0.5, 0.6) is 0 Å². The number of nitrogens with one attached hydrogen (secondary N) is 2. The summed E-state index contributed by atoms with van der Waals surface area (Å²) in [6, 6.07) is 0.309. The minimum atomic E-state index is 0.309. The zero-order chi connectivity index (χ0) is 15.8. The average molecular weight is 295 g/mol. The van der Waals surface area contributed by atoms with Gasteiger partial charge in [-0.2, -0.15) is 15.0 Å². The van der Waals surface area contributed by atoms with Gasteiger partial charge in [-0.05, 0) is 40.4 Å². The molecule has 1 aromatic heterocycles. The Kier molecular flexibility index (Phi) is 7.14. The van der Waals surface area contributed by atoms with Gasteiger partial charge in [0.2, 0.25) is 17.8 Å². The van der Waals surface area contributed by atoms with Gasteiger partial charge in [0.05, 0.1) is 0 Å². The summed E-state index contributed by atoms with van der Waals surface area (Å²) < 4.78 is 0. The fraction of sp³-hybridized carbons (Fsp3) is 0.786. The van der Waals surface area contributed by atoms with Gasteiger partial charge in [-0.15, -0.1) is 0 Å². The van der Waals surface area contributed by atoms with E-state index in [1.165, 1.54) is 0 Å². The fourth-order valence-electron chi connectivity index (χ4n) is 1.69. The van der Waals surface area contributed by atoms with Crippen LogP contribution in [-0.4, -0.2) is 67.2 Å². The van der Waals surface area contributed by atoms with Gasteiger partial charge < -0.3 is 20.4 Å². The number of nitrogens with zero attached hydrogens (tertiary/aromatic N) is 5. The Labute approximate surface area is 128 Å². The van der Waals surface area contributed by atoms with E-state index in [0.29, 0.717) is 23.9 Å². The Bertz CT molecular complexity index is 420. The highest BCUT2D eigenvalue weighted by Crippen LogP contribution is 2.13. The monoisotopic (exact) mass is 295 g/mol. The lowest BCUT2D eigenvalue weighted by Gasteiger charge is -2.18. The molecule has 120 valence electrons. The molecule has 0 aromatic carbocycles. The van der Waals surface area contributed by atoms with Crippen LogP contribution in [-0.2, 0) is 0 Å². The molecule has 0 aliphatic heterocycles. The highest BCUT2D eigenvalue weighted by molar-refractivity contribution is 5.43. The molecular formula is C14H29N7. The standard InChI is InChI=1S/C14H29N7/c1-7-9-15-12-17-13(19-14(18-12)21(5)6)16-11(2)8-10-20(3)4/h11H,7-10H2,1-6H3,(H2,15,16,17,18,19). The van der Waals surface area contributed by atoms with Crippen molar-refractivity contribution in [2.45, 2.75) is 32.7 Å². The highest BCUT2D eigenvalue weighted by Gasteiger charge is 2.10. The first kappa shape index (κ1) is 17.4. The van der Waals surface area contributed by atoms with Gasteiger partial charge in [0.1, 0.15) is 0 Å². The van der Waals surface area contributed by atoms with E-state index in [2.05, 4.69) is 58.4 Å². The summed E-state index contributed by atoms with van der Waals surface area (Å²) in [5.74, 6) is 1.90. The molecule has 0 radical (unpaired) electrons. The van der Waals surface area contributed by atoms with Crippen LogP contribution in [0.3, 0.4) is 0 Å². The van der Waals surface area contributed by atoms with E-state index in [-0.39, 0.29) is 0 Å². The molecule has 1 aromatic rings. The number of hydrogen-bond acceptors (Lipinski definition) is 7. The third-order valence-electron chi connectivity index (χ3n) is 2.94. The second-order valence-corrected chi connectivity index (χ2v) is 5.74. The van der Waals surface area contributed by atoms with Gasteiger partial charge in [-0.1, -0.05) is 6.92 Å². The number of anilines is 3. The molecular weight excluding hydrogens is 266 g/mol. The minimum Gasteiger partial charge on any atom is -0.354 e. The number of hydrogen-bond donors (Lipinski definition) is 2. The van der Waals surface area contributed by atoms with E-state index in [4.69, 9.17) is 0 Å². The zero-order valence-corrected chi connectivity index (χ0v) is 14.1. The van der Waals surface area contributed by atoms with E-state index in [1.54, 1.807) is 0 Å². The van der Waals surface area contributed by atoms with Crippen molar-refractivity contribution in [1.82, 2.24) is 19.9 Å². The molecule has 1 heterocycles. The van der Waals surface area contributed by atoms with Crippen molar-refractivity contribution in [2.24, 2.45) is 0 Å². The second kappa shape index (κ2) is 8.61. The van der Waals surface area contributed by atoms with Crippen molar-refractivity contribution in [3.8, 4) is 0 Å². The summed E-state index contributed by atoms with van der Waals surface area (Å²) >= 11 is 0. The van der Waals surface area contributed by atoms with Gasteiger partial charge in [0.25, 0.3) is 0 Å². The lowest BCUT2D eigenvalue weighted by atomic mass is 10.2. The molecule has 7 heteroatoms. The van der Waals surface area contributed by atoms with E-state index >= 15 is 0 Å². The molecule has 0 aliphatic rings.